The normalized spacial score (nSPS) is 21.2. The van der Waals surface area contributed by atoms with Crippen LogP contribution in [0.3, 0.4) is 0 Å². The Kier molecular flexibility index (Phi) is 8.00. The number of aliphatic imine (C=N–C) groups is 2. The molecule has 0 saturated heterocycles. The van der Waals surface area contributed by atoms with Crippen molar-refractivity contribution in [2.45, 2.75) is 18.9 Å². The van der Waals surface area contributed by atoms with Crippen molar-refractivity contribution in [2.75, 3.05) is 25.4 Å². The van der Waals surface area contributed by atoms with Gasteiger partial charge in [0, 0.05) is 24.5 Å². The van der Waals surface area contributed by atoms with Crippen LogP contribution in [0.15, 0.2) is 51.4 Å². The molecule has 1 atom stereocenters. The summed E-state index contributed by atoms with van der Waals surface area (Å²) in [5, 5.41) is 8.07. The molecule has 0 bridgehead atoms. The van der Waals surface area contributed by atoms with Crippen LogP contribution in [0.25, 0.3) is 0 Å². The lowest BCUT2D eigenvalue weighted by Crippen LogP contribution is -2.32. The highest BCUT2D eigenvalue weighted by Crippen LogP contribution is 2.31. The number of hydrogen-bond donors (Lipinski definition) is 1. The number of benzene rings is 1. The van der Waals surface area contributed by atoms with E-state index in [1.54, 1.807) is 11.8 Å². The van der Waals surface area contributed by atoms with E-state index in [0.29, 0.717) is 6.04 Å². The van der Waals surface area contributed by atoms with Crippen molar-refractivity contribution in [1.29, 1.82) is 0 Å². The number of nitrogens with zero attached hydrogens (tertiary/aromatic N) is 3. The largest absolute Gasteiger partial charge is 0.360 e. The van der Waals surface area contributed by atoms with E-state index >= 15 is 0 Å². The maximum Gasteiger partial charge on any atom is 0.167 e. The van der Waals surface area contributed by atoms with Crippen LogP contribution in [-0.2, 0) is 6.42 Å². The first-order valence-corrected chi connectivity index (χ1v) is 9.90. The van der Waals surface area contributed by atoms with Crippen molar-refractivity contribution < 1.29 is 0 Å². The SMILES string of the molecule is C1=C(CSC2=NCC(Cc3ccccc3)N2)N2CCCN=C2S1.Cl.Cl. The Morgan fingerprint density at radius 2 is 2.04 bits per heavy atom. The van der Waals surface area contributed by atoms with Gasteiger partial charge in [-0.1, -0.05) is 53.9 Å². The molecule has 0 saturated carbocycles. The molecule has 4 rings (SSSR count). The van der Waals surface area contributed by atoms with Crippen molar-refractivity contribution >= 4 is 58.7 Å². The van der Waals surface area contributed by atoms with Gasteiger partial charge in [0.15, 0.2) is 10.3 Å². The predicted octanol–water partition coefficient (Wildman–Crippen LogP) is 3.78. The highest BCUT2D eigenvalue weighted by atomic mass is 35.5. The van der Waals surface area contributed by atoms with E-state index in [2.05, 4.69) is 55.9 Å². The van der Waals surface area contributed by atoms with Gasteiger partial charge < -0.3 is 10.2 Å². The van der Waals surface area contributed by atoms with Gasteiger partial charge in [0.1, 0.15) is 0 Å². The monoisotopic (exact) mass is 416 g/mol. The van der Waals surface area contributed by atoms with Gasteiger partial charge in [0.2, 0.25) is 0 Å². The summed E-state index contributed by atoms with van der Waals surface area (Å²) in [5.74, 6) is 0.968. The first-order valence-electron chi connectivity index (χ1n) is 8.04. The summed E-state index contributed by atoms with van der Waals surface area (Å²) in [6.45, 7) is 2.96. The van der Waals surface area contributed by atoms with E-state index in [4.69, 9.17) is 0 Å². The average Bonchev–Trinajstić information content (AvgIpc) is 3.21. The van der Waals surface area contributed by atoms with Gasteiger partial charge in [-0.3, -0.25) is 9.98 Å². The fourth-order valence-corrected chi connectivity index (χ4v) is 4.95. The number of fused-ring (bicyclic) bond motifs is 1. The van der Waals surface area contributed by atoms with Crippen LogP contribution in [0.2, 0.25) is 0 Å². The summed E-state index contributed by atoms with van der Waals surface area (Å²) in [5.41, 5.74) is 2.74. The van der Waals surface area contributed by atoms with Crippen molar-refractivity contribution in [1.82, 2.24) is 10.2 Å². The molecule has 1 N–H and O–H groups in total. The number of thioether (sulfide) groups is 2. The molecular weight excluding hydrogens is 395 g/mol. The molecule has 25 heavy (non-hydrogen) atoms. The van der Waals surface area contributed by atoms with E-state index in [-0.39, 0.29) is 24.8 Å². The number of nitrogens with one attached hydrogen (secondary N) is 1. The minimum Gasteiger partial charge on any atom is -0.360 e. The van der Waals surface area contributed by atoms with Gasteiger partial charge in [0.05, 0.1) is 12.6 Å². The first-order chi connectivity index (χ1) is 11.4. The topological polar surface area (TPSA) is 40.0 Å². The number of rotatable bonds is 4. The Hall–Kier alpha value is -0.820. The zero-order chi connectivity index (χ0) is 15.5. The number of amidine groups is 2. The van der Waals surface area contributed by atoms with E-state index < -0.39 is 0 Å². The van der Waals surface area contributed by atoms with Gasteiger partial charge in [-0.15, -0.1) is 24.8 Å². The molecule has 0 aromatic heterocycles. The Labute approximate surface area is 169 Å². The molecular formula is C17H22Cl2N4S2. The molecule has 136 valence electrons. The predicted molar refractivity (Wildman–Crippen MR) is 116 cm³/mol. The second-order valence-corrected chi connectivity index (χ2v) is 7.66. The van der Waals surface area contributed by atoms with Crippen molar-refractivity contribution in [3.05, 3.63) is 47.0 Å². The average molecular weight is 417 g/mol. The Morgan fingerprint density at radius 3 is 2.88 bits per heavy atom. The van der Waals surface area contributed by atoms with Crippen LogP contribution in [0, 0.1) is 0 Å². The highest BCUT2D eigenvalue weighted by molar-refractivity contribution is 8.17. The second kappa shape index (κ2) is 9.76. The lowest BCUT2D eigenvalue weighted by Gasteiger charge is -2.25. The van der Waals surface area contributed by atoms with Gasteiger partial charge in [-0.05, 0) is 23.8 Å². The first kappa shape index (κ1) is 20.5. The zero-order valence-corrected chi connectivity index (χ0v) is 17.0. The fraction of sp³-hybridized carbons (Fsp3) is 0.412. The van der Waals surface area contributed by atoms with E-state index in [0.717, 1.165) is 43.4 Å². The Morgan fingerprint density at radius 1 is 1.20 bits per heavy atom. The third-order valence-electron chi connectivity index (χ3n) is 4.13. The maximum atomic E-state index is 4.66. The summed E-state index contributed by atoms with van der Waals surface area (Å²) >= 11 is 3.57. The van der Waals surface area contributed by atoms with Gasteiger partial charge in [0.25, 0.3) is 0 Å². The number of hydrogen-bond acceptors (Lipinski definition) is 6. The molecule has 0 aliphatic carbocycles. The highest BCUT2D eigenvalue weighted by Gasteiger charge is 2.26. The third-order valence-corrected chi connectivity index (χ3v) is 6.04. The van der Waals surface area contributed by atoms with Crippen molar-refractivity contribution in [2.24, 2.45) is 9.98 Å². The maximum absolute atomic E-state index is 4.66. The summed E-state index contributed by atoms with van der Waals surface area (Å²) in [6, 6.07) is 11.1. The van der Waals surface area contributed by atoms with E-state index in [9.17, 15) is 0 Å². The van der Waals surface area contributed by atoms with E-state index in [1.165, 1.54) is 16.4 Å². The Balaban J connectivity index is 0.00000113. The van der Waals surface area contributed by atoms with Crippen molar-refractivity contribution in [3.8, 4) is 0 Å². The lowest BCUT2D eigenvalue weighted by atomic mass is 10.1. The molecule has 1 aromatic carbocycles. The molecule has 0 amide bonds. The minimum absolute atomic E-state index is 0. The van der Waals surface area contributed by atoms with Gasteiger partial charge >= 0.3 is 0 Å². The lowest BCUT2D eigenvalue weighted by molar-refractivity contribution is 0.491. The second-order valence-electron chi connectivity index (χ2n) is 5.86. The molecule has 3 heterocycles. The van der Waals surface area contributed by atoms with Gasteiger partial charge in [-0.25, -0.2) is 0 Å². The molecule has 8 heteroatoms. The van der Waals surface area contributed by atoms with Crippen molar-refractivity contribution in [3.63, 3.8) is 0 Å². The summed E-state index contributed by atoms with van der Waals surface area (Å²) in [4.78, 5) is 11.6. The smallest absolute Gasteiger partial charge is 0.167 e. The van der Waals surface area contributed by atoms with Crippen LogP contribution in [0.5, 0.6) is 0 Å². The fourth-order valence-electron chi connectivity index (χ4n) is 2.95. The molecule has 1 unspecified atom stereocenters. The standard InChI is InChI=1S/C17H20N4S2.2ClH/c1-2-5-13(6-3-1)9-14-10-19-16(20-14)22-11-15-12-23-17-18-7-4-8-21(15)17;;/h1-3,5-6,12,14H,4,7-11H2,(H,19,20);2*1H. The molecule has 0 radical (unpaired) electrons. The van der Waals surface area contributed by atoms with Crippen LogP contribution >= 0.6 is 48.3 Å². The van der Waals surface area contributed by atoms with Crippen LogP contribution in [-0.4, -0.2) is 46.7 Å². The van der Waals surface area contributed by atoms with Crippen LogP contribution < -0.4 is 5.32 Å². The summed E-state index contributed by atoms with van der Waals surface area (Å²) in [7, 11) is 0. The third kappa shape index (κ3) is 5.09. The molecule has 3 aliphatic rings. The van der Waals surface area contributed by atoms with Gasteiger partial charge in [-0.2, -0.15) is 0 Å². The Bertz CT molecular complexity index is 664. The van der Waals surface area contributed by atoms with Crippen LogP contribution in [0.1, 0.15) is 12.0 Å². The molecule has 4 nitrogen and oxygen atoms in total. The summed E-state index contributed by atoms with van der Waals surface area (Å²) in [6.07, 6.45) is 2.19. The minimum atomic E-state index is 0. The molecule has 0 spiro atoms. The molecule has 3 aliphatic heterocycles. The zero-order valence-electron chi connectivity index (χ0n) is 13.8. The summed E-state index contributed by atoms with van der Waals surface area (Å²) < 4.78 is 0. The molecule has 0 fully saturated rings. The number of halogens is 2. The quantitative estimate of drug-likeness (QED) is 0.810. The van der Waals surface area contributed by atoms with E-state index in [1.807, 2.05) is 11.8 Å². The molecule has 1 aromatic rings. The van der Waals surface area contributed by atoms with Crippen LogP contribution in [0.4, 0.5) is 0 Å².